The first-order valence-corrected chi connectivity index (χ1v) is 5.52. The van der Waals surface area contributed by atoms with Gasteiger partial charge in [-0.15, -0.1) is 0 Å². The van der Waals surface area contributed by atoms with Crippen LogP contribution in [0.4, 0.5) is 11.5 Å². The molecule has 1 aromatic rings. The van der Waals surface area contributed by atoms with Gasteiger partial charge in [0.2, 0.25) is 0 Å². The van der Waals surface area contributed by atoms with Crippen LogP contribution in [0.1, 0.15) is 20.3 Å². The van der Waals surface area contributed by atoms with Gasteiger partial charge in [-0.3, -0.25) is 0 Å². The zero-order valence-corrected chi connectivity index (χ0v) is 9.80. The molecule has 3 N–H and O–H groups in total. The molecule has 1 aromatic heterocycles. The smallest absolute Gasteiger partial charge is 0.149 e. The number of pyridine rings is 1. The van der Waals surface area contributed by atoms with Crippen molar-refractivity contribution in [3.05, 3.63) is 17.3 Å². The highest BCUT2D eigenvalue weighted by atomic mass is 35.5. The molecule has 0 bridgehead atoms. The van der Waals surface area contributed by atoms with Crippen molar-refractivity contribution in [1.29, 1.82) is 0 Å². The lowest BCUT2D eigenvalue weighted by Gasteiger charge is -2.09. The first kappa shape index (κ1) is 10.6. The number of nitrogens with one attached hydrogen (secondary N) is 1. The minimum Gasteiger partial charge on any atom is -0.396 e. The van der Waals surface area contributed by atoms with E-state index in [1.54, 1.807) is 12.3 Å². The Morgan fingerprint density at radius 3 is 2.87 bits per heavy atom. The zero-order valence-electron chi connectivity index (χ0n) is 9.05. The second kappa shape index (κ2) is 3.56. The third kappa shape index (κ3) is 2.34. The highest BCUT2D eigenvalue weighted by Crippen LogP contribution is 2.51. The number of hydrogen-bond donors (Lipinski definition) is 2. The molecule has 1 unspecified atom stereocenters. The quantitative estimate of drug-likeness (QED) is 0.832. The van der Waals surface area contributed by atoms with Crippen molar-refractivity contribution in [3.8, 4) is 0 Å². The average molecular weight is 226 g/mol. The Balaban J connectivity index is 1.94. The molecule has 0 saturated heterocycles. The molecule has 1 saturated carbocycles. The monoisotopic (exact) mass is 225 g/mol. The average Bonchev–Trinajstić information content (AvgIpc) is 2.73. The molecule has 0 aromatic carbocycles. The van der Waals surface area contributed by atoms with Crippen LogP contribution in [-0.4, -0.2) is 11.5 Å². The SMILES string of the molecule is CC1(C)CC1CNc1ncc(Cl)cc1N. The summed E-state index contributed by atoms with van der Waals surface area (Å²) in [5, 5.41) is 3.84. The number of anilines is 2. The minimum atomic E-state index is 0.480. The summed E-state index contributed by atoms with van der Waals surface area (Å²) in [6.07, 6.45) is 2.88. The molecular weight excluding hydrogens is 210 g/mol. The molecule has 1 heterocycles. The molecule has 3 nitrogen and oxygen atoms in total. The summed E-state index contributed by atoms with van der Waals surface area (Å²) in [4.78, 5) is 4.16. The van der Waals surface area contributed by atoms with E-state index < -0.39 is 0 Å². The van der Waals surface area contributed by atoms with Crippen molar-refractivity contribution in [1.82, 2.24) is 4.98 Å². The number of nitrogen functional groups attached to an aromatic ring is 1. The summed E-state index contributed by atoms with van der Waals surface area (Å²) in [7, 11) is 0. The minimum absolute atomic E-state index is 0.480. The largest absolute Gasteiger partial charge is 0.396 e. The van der Waals surface area contributed by atoms with Crippen LogP contribution in [0, 0.1) is 11.3 Å². The Hall–Kier alpha value is -0.960. The first-order valence-electron chi connectivity index (χ1n) is 5.14. The summed E-state index contributed by atoms with van der Waals surface area (Å²) in [5.74, 6) is 1.47. The highest BCUT2D eigenvalue weighted by molar-refractivity contribution is 6.30. The van der Waals surface area contributed by atoms with Crippen molar-refractivity contribution in [2.24, 2.45) is 11.3 Å². The Bertz CT molecular complexity index is 376. The lowest BCUT2D eigenvalue weighted by molar-refractivity contribution is 0.573. The lowest BCUT2D eigenvalue weighted by Crippen LogP contribution is -2.10. The number of hydrogen-bond acceptors (Lipinski definition) is 3. The van der Waals surface area contributed by atoms with Crippen molar-refractivity contribution in [2.75, 3.05) is 17.6 Å². The van der Waals surface area contributed by atoms with E-state index in [1.165, 1.54) is 6.42 Å². The predicted octanol–water partition coefficient (Wildman–Crippen LogP) is 2.78. The molecule has 2 rings (SSSR count). The van der Waals surface area contributed by atoms with Crippen LogP contribution < -0.4 is 11.1 Å². The van der Waals surface area contributed by atoms with Gasteiger partial charge in [-0.05, 0) is 23.8 Å². The van der Waals surface area contributed by atoms with E-state index in [0.29, 0.717) is 16.1 Å². The normalized spacial score (nSPS) is 22.5. The molecule has 0 radical (unpaired) electrons. The maximum atomic E-state index is 5.79. The molecule has 1 aliphatic rings. The van der Waals surface area contributed by atoms with Gasteiger partial charge in [0.05, 0.1) is 10.7 Å². The molecule has 1 fully saturated rings. The van der Waals surface area contributed by atoms with Gasteiger partial charge in [0.25, 0.3) is 0 Å². The molecule has 1 aliphatic carbocycles. The van der Waals surface area contributed by atoms with Gasteiger partial charge in [-0.2, -0.15) is 0 Å². The van der Waals surface area contributed by atoms with E-state index in [1.807, 2.05) is 0 Å². The maximum Gasteiger partial charge on any atom is 0.149 e. The molecule has 15 heavy (non-hydrogen) atoms. The van der Waals surface area contributed by atoms with Crippen molar-refractivity contribution < 1.29 is 0 Å². The molecule has 0 spiro atoms. The Kier molecular flexibility index (Phi) is 2.51. The second-order valence-corrected chi connectivity index (χ2v) is 5.30. The van der Waals surface area contributed by atoms with Crippen LogP contribution in [0.15, 0.2) is 12.3 Å². The van der Waals surface area contributed by atoms with Gasteiger partial charge in [-0.1, -0.05) is 25.4 Å². The van der Waals surface area contributed by atoms with E-state index in [9.17, 15) is 0 Å². The molecule has 0 aliphatic heterocycles. The second-order valence-electron chi connectivity index (χ2n) is 4.86. The molecule has 82 valence electrons. The number of nitrogens with zero attached hydrogens (tertiary/aromatic N) is 1. The van der Waals surface area contributed by atoms with Crippen LogP contribution in [-0.2, 0) is 0 Å². The number of rotatable bonds is 3. The summed E-state index contributed by atoms with van der Waals surface area (Å²) in [6.45, 7) is 5.49. The number of aromatic nitrogens is 1. The Morgan fingerprint density at radius 2 is 2.33 bits per heavy atom. The number of nitrogens with two attached hydrogens (primary N) is 1. The van der Waals surface area contributed by atoms with Gasteiger partial charge >= 0.3 is 0 Å². The lowest BCUT2D eigenvalue weighted by atomic mass is 10.1. The van der Waals surface area contributed by atoms with Crippen LogP contribution in [0.3, 0.4) is 0 Å². The van der Waals surface area contributed by atoms with Crippen LogP contribution >= 0.6 is 11.6 Å². The van der Waals surface area contributed by atoms with E-state index in [2.05, 4.69) is 24.1 Å². The van der Waals surface area contributed by atoms with E-state index >= 15 is 0 Å². The van der Waals surface area contributed by atoms with Gasteiger partial charge in [0.15, 0.2) is 0 Å². The Labute approximate surface area is 95.0 Å². The molecular formula is C11H16ClN3. The van der Waals surface area contributed by atoms with E-state index in [0.717, 1.165) is 18.3 Å². The van der Waals surface area contributed by atoms with Gasteiger partial charge in [-0.25, -0.2) is 4.98 Å². The summed E-state index contributed by atoms with van der Waals surface area (Å²) >= 11 is 5.77. The van der Waals surface area contributed by atoms with Crippen LogP contribution in [0.5, 0.6) is 0 Å². The third-order valence-electron chi connectivity index (χ3n) is 3.12. The predicted molar refractivity (Wildman–Crippen MR) is 64.0 cm³/mol. The van der Waals surface area contributed by atoms with Crippen LogP contribution in [0.2, 0.25) is 5.02 Å². The standard InChI is InChI=1S/C11H16ClN3/c1-11(2)4-7(11)5-14-10-9(13)3-8(12)6-15-10/h3,6-7H,4-5,13H2,1-2H3,(H,14,15). The molecule has 4 heteroatoms. The van der Waals surface area contributed by atoms with Gasteiger partial charge < -0.3 is 11.1 Å². The van der Waals surface area contributed by atoms with Gasteiger partial charge in [0.1, 0.15) is 5.82 Å². The highest BCUT2D eigenvalue weighted by Gasteiger charge is 2.45. The van der Waals surface area contributed by atoms with Crippen molar-refractivity contribution in [3.63, 3.8) is 0 Å². The van der Waals surface area contributed by atoms with Crippen molar-refractivity contribution >= 4 is 23.1 Å². The summed E-state index contributed by atoms with van der Waals surface area (Å²) < 4.78 is 0. The maximum absolute atomic E-state index is 5.79. The fourth-order valence-corrected chi connectivity index (χ4v) is 1.91. The van der Waals surface area contributed by atoms with Crippen molar-refractivity contribution in [2.45, 2.75) is 20.3 Å². The van der Waals surface area contributed by atoms with Crippen LogP contribution in [0.25, 0.3) is 0 Å². The zero-order chi connectivity index (χ0) is 11.1. The Morgan fingerprint density at radius 1 is 1.67 bits per heavy atom. The fraction of sp³-hybridized carbons (Fsp3) is 0.545. The molecule has 0 amide bonds. The first-order chi connectivity index (χ1) is 6.99. The topological polar surface area (TPSA) is 50.9 Å². The third-order valence-corrected chi connectivity index (χ3v) is 3.32. The summed E-state index contributed by atoms with van der Waals surface area (Å²) in [6, 6.07) is 1.72. The molecule has 1 atom stereocenters. The van der Waals surface area contributed by atoms with E-state index in [-0.39, 0.29) is 0 Å². The van der Waals surface area contributed by atoms with E-state index in [4.69, 9.17) is 17.3 Å². The van der Waals surface area contributed by atoms with Gasteiger partial charge in [0, 0.05) is 12.7 Å². The summed E-state index contributed by atoms with van der Waals surface area (Å²) in [5.41, 5.74) is 6.88. The number of halogens is 1. The fourth-order valence-electron chi connectivity index (χ4n) is 1.75.